The Labute approximate surface area is 228 Å². The number of carbonyl (C=O) groups excluding carboxylic acids is 2. The molecule has 1 unspecified atom stereocenters. The fourth-order valence-corrected chi connectivity index (χ4v) is 5.48. The van der Waals surface area contributed by atoms with E-state index in [9.17, 15) is 22.4 Å². The topological polar surface area (TPSA) is 86.8 Å². The summed E-state index contributed by atoms with van der Waals surface area (Å²) in [5.74, 6) is -1.61. The summed E-state index contributed by atoms with van der Waals surface area (Å²) in [6.07, 6.45) is 0.695. The van der Waals surface area contributed by atoms with E-state index in [-0.39, 0.29) is 17.0 Å². The summed E-state index contributed by atoms with van der Waals surface area (Å²) in [7, 11) is -4.21. The van der Waals surface area contributed by atoms with Crippen molar-refractivity contribution < 1.29 is 22.4 Å². The second-order valence-electron chi connectivity index (χ2n) is 8.83. The van der Waals surface area contributed by atoms with Crippen molar-refractivity contribution in [3.63, 3.8) is 0 Å². The number of sulfonamides is 1. The van der Waals surface area contributed by atoms with Crippen LogP contribution >= 0.6 is 11.6 Å². The lowest BCUT2D eigenvalue weighted by Gasteiger charge is -2.32. The first kappa shape index (κ1) is 29.1. The summed E-state index contributed by atoms with van der Waals surface area (Å²) in [4.78, 5) is 27.8. The van der Waals surface area contributed by atoms with Crippen LogP contribution in [-0.4, -0.2) is 44.3 Å². The molecule has 0 heterocycles. The maximum absolute atomic E-state index is 14.5. The summed E-state index contributed by atoms with van der Waals surface area (Å²) < 4.78 is 43.1. The molecule has 3 aromatic rings. The highest BCUT2D eigenvalue weighted by atomic mass is 35.5. The van der Waals surface area contributed by atoms with Gasteiger partial charge in [-0.3, -0.25) is 13.9 Å². The average Bonchev–Trinajstić information content (AvgIpc) is 2.90. The van der Waals surface area contributed by atoms with Crippen LogP contribution in [0, 0.1) is 12.7 Å². The lowest BCUT2D eigenvalue weighted by molar-refractivity contribution is -0.139. The highest BCUT2D eigenvalue weighted by molar-refractivity contribution is 7.92. The van der Waals surface area contributed by atoms with Crippen molar-refractivity contribution in [1.29, 1.82) is 0 Å². The van der Waals surface area contributed by atoms with Crippen LogP contribution in [0.4, 0.5) is 10.1 Å². The third-order valence-corrected chi connectivity index (χ3v) is 8.11. The largest absolute Gasteiger partial charge is 0.354 e. The summed E-state index contributed by atoms with van der Waals surface area (Å²) >= 11 is 5.96. The van der Waals surface area contributed by atoms with Gasteiger partial charge in [0.05, 0.1) is 10.6 Å². The van der Waals surface area contributed by atoms with Gasteiger partial charge in [-0.15, -0.1) is 0 Å². The number of anilines is 1. The third kappa shape index (κ3) is 6.90. The SMILES string of the molecule is CCCNC(=O)C(C)N(Cc1ccccc1F)C(=O)CN(c1ccccc1C)S(=O)(=O)c1ccc(Cl)cc1. The van der Waals surface area contributed by atoms with E-state index in [0.717, 1.165) is 4.31 Å². The molecule has 3 aromatic carbocycles. The van der Waals surface area contributed by atoms with E-state index >= 15 is 0 Å². The van der Waals surface area contributed by atoms with Crippen LogP contribution in [0.15, 0.2) is 77.7 Å². The average molecular weight is 560 g/mol. The van der Waals surface area contributed by atoms with Crippen molar-refractivity contribution in [2.45, 2.75) is 44.7 Å². The maximum Gasteiger partial charge on any atom is 0.264 e. The molecule has 0 bridgehead atoms. The van der Waals surface area contributed by atoms with Crippen LogP contribution in [0.1, 0.15) is 31.4 Å². The van der Waals surface area contributed by atoms with Crippen LogP contribution in [-0.2, 0) is 26.2 Å². The molecule has 0 radical (unpaired) electrons. The van der Waals surface area contributed by atoms with Gasteiger partial charge in [0.1, 0.15) is 18.4 Å². The van der Waals surface area contributed by atoms with E-state index in [2.05, 4.69) is 5.32 Å². The first-order valence-corrected chi connectivity index (χ1v) is 14.0. The zero-order valence-corrected chi connectivity index (χ0v) is 23.1. The number of carbonyl (C=O) groups is 2. The van der Waals surface area contributed by atoms with Crippen molar-refractivity contribution in [3.05, 3.63) is 94.8 Å². The number of rotatable bonds is 11. The summed E-state index contributed by atoms with van der Waals surface area (Å²) in [6, 6.07) is 17.4. The molecule has 0 fully saturated rings. The van der Waals surface area contributed by atoms with E-state index in [1.807, 2.05) is 6.92 Å². The fourth-order valence-electron chi connectivity index (χ4n) is 3.88. The first-order valence-electron chi connectivity index (χ1n) is 12.2. The fraction of sp³-hybridized carbons (Fsp3) is 0.286. The van der Waals surface area contributed by atoms with Gasteiger partial charge < -0.3 is 10.2 Å². The van der Waals surface area contributed by atoms with E-state index in [1.165, 1.54) is 54.3 Å². The minimum Gasteiger partial charge on any atom is -0.354 e. The van der Waals surface area contributed by atoms with E-state index in [1.54, 1.807) is 37.3 Å². The highest BCUT2D eigenvalue weighted by Gasteiger charge is 2.33. The van der Waals surface area contributed by atoms with E-state index in [4.69, 9.17) is 11.6 Å². The Kier molecular flexibility index (Phi) is 9.88. The number of amides is 2. The molecule has 10 heteroatoms. The van der Waals surface area contributed by atoms with Gasteiger partial charge in [-0.1, -0.05) is 54.9 Å². The number of para-hydroxylation sites is 1. The van der Waals surface area contributed by atoms with Gasteiger partial charge in [0, 0.05) is 23.7 Å². The van der Waals surface area contributed by atoms with Crippen LogP contribution in [0.2, 0.25) is 5.02 Å². The summed E-state index contributed by atoms with van der Waals surface area (Å²) in [5.41, 5.74) is 1.15. The Balaban J connectivity index is 2.04. The maximum atomic E-state index is 14.5. The molecule has 0 saturated heterocycles. The summed E-state index contributed by atoms with van der Waals surface area (Å²) in [6.45, 7) is 4.77. The predicted molar refractivity (Wildman–Crippen MR) is 147 cm³/mol. The molecule has 0 aromatic heterocycles. The molecule has 0 saturated carbocycles. The van der Waals surface area contributed by atoms with Gasteiger partial charge in [0.25, 0.3) is 10.0 Å². The van der Waals surface area contributed by atoms with Gasteiger partial charge in [0.15, 0.2) is 0 Å². The van der Waals surface area contributed by atoms with E-state index in [0.29, 0.717) is 29.2 Å². The smallest absolute Gasteiger partial charge is 0.264 e. The lowest BCUT2D eigenvalue weighted by Crippen LogP contribution is -2.51. The zero-order valence-electron chi connectivity index (χ0n) is 21.5. The predicted octanol–water partition coefficient (Wildman–Crippen LogP) is 4.93. The molecule has 7 nitrogen and oxygen atoms in total. The van der Waals surface area contributed by atoms with Crippen molar-refractivity contribution in [2.24, 2.45) is 0 Å². The lowest BCUT2D eigenvalue weighted by atomic mass is 10.1. The Morgan fingerprint density at radius 3 is 2.26 bits per heavy atom. The molecular formula is C28H31ClFN3O4S. The van der Waals surface area contributed by atoms with Crippen molar-refractivity contribution in [3.8, 4) is 0 Å². The Morgan fingerprint density at radius 2 is 1.63 bits per heavy atom. The standard InChI is InChI=1S/C28H31ClFN3O4S/c1-4-17-31-28(35)21(3)32(18-22-10-6-7-11-25(22)30)27(34)19-33(26-12-8-5-9-20(26)2)38(36,37)24-15-13-23(29)14-16-24/h5-16,21H,4,17-19H2,1-3H3,(H,31,35). The number of halogens is 2. The minimum absolute atomic E-state index is 0.0488. The molecule has 0 aliphatic rings. The van der Waals surface area contributed by atoms with Crippen LogP contribution < -0.4 is 9.62 Å². The molecule has 0 aliphatic carbocycles. The second kappa shape index (κ2) is 12.9. The first-order chi connectivity index (χ1) is 18.1. The Morgan fingerprint density at radius 1 is 1.00 bits per heavy atom. The minimum atomic E-state index is -4.21. The van der Waals surface area contributed by atoms with Crippen molar-refractivity contribution in [1.82, 2.24) is 10.2 Å². The number of nitrogens with one attached hydrogen (secondary N) is 1. The number of aryl methyl sites for hydroxylation is 1. The Hall–Kier alpha value is -3.43. The number of benzene rings is 3. The molecule has 3 rings (SSSR count). The molecule has 1 N–H and O–H groups in total. The monoisotopic (exact) mass is 559 g/mol. The van der Waals surface area contributed by atoms with Crippen molar-refractivity contribution >= 4 is 39.1 Å². The second-order valence-corrected chi connectivity index (χ2v) is 11.1. The molecule has 38 heavy (non-hydrogen) atoms. The van der Waals surface area contributed by atoms with Gasteiger partial charge in [-0.25, -0.2) is 12.8 Å². The molecule has 2 amide bonds. The number of hydrogen-bond acceptors (Lipinski definition) is 4. The van der Waals surface area contributed by atoms with Crippen LogP contribution in [0.25, 0.3) is 0 Å². The molecule has 0 aliphatic heterocycles. The molecule has 202 valence electrons. The normalized spacial score (nSPS) is 12.0. The highest BCUT2D eigenvalue weighted by Crippen LogP contribution is 2.28. The zero-order chi connectivity index (χ0) is 27.9. The molecule has 1 atom stereocenters. The van der Waals surface area contributed by atoms with Gasteiger partial charge in [-0.05, 0) is 62.2 Å². The van der Waals surface area contributed by atoms with Gasteiger partial charge >= 0.3 is 0 Å². The van der Waals surface area contributed by atoms with Crippen LogP contribution in [0.3, 0.4) is 0 Å². The molecular weight excluding hydrogens is 529 g/mol. The van der Waals surface area contributed by atoms with Gasteiger partial charge in [-0.2, -0.15) is 0 Å². The quantitative estimate of drug-likeness (QED) is 0.361. The van der Waals surface area contributed by atoms with Crippen LogP contribution in [0.5, 0.6) is 0 Å². The number of nitrogens with zero attached hydrogens (tertiary/aromatic N) is 2. The third-order valence-electron chi connectivity index (χ3n) is 6.08. The molecule has 0 spiro atoms. The Bertz CT molecular complexity index is 1380. The number of hydrogen-bond donors (Lipinski definition) is 1. The van der Waals surface area contributed by atoms with E-state index < -0.39 is 40.2 Å². The summed E-state index contributed by atoms with van der Waals surface area (Å²) in [5, 5.41) is 3.12. The van der Waals surface area contributed by atoms with Gasteiger partial charge in [0.2, 0.25) is 11.8 Å². The van der Waals surface area contributed by atoms with Crippen molar-refractivity contribution in [2.75, 3.05) is 17.4 Å².